The summed E-state index contributed by atoms with van der Waals surface area (Å²) in [5.41, 5.74) is 11.9. The molecule has 1 aliphatic heterocycles. The van der Waals surface area contributed by atoms with Gasteiger partial charge in [-0.15, -0.1) is 0 Å². The van der Waals surface area contributed by atoms with Gasteiger partial charge in [-0.2, -0.15) is 0 Å². The molecule has 22 heavy (non-hydrogen) atoms. The van der Waals surface area contributed by atoms with E-state index in [2.05, 4.69) is 15.7 Å². The topological polar surface area (TPSA) is 65.7 Å². The van der Waals surface area contributed by atoms with Crippen molar-refractivity contribution in [2.24, 2.45) is 10.7 Å². The number of halogens is 2. The summed E-state index contributed by atoms with van der Waals surface area (Å²) in [5.74, 6) is -1.31. The number of nitrogens with two attached hydrogens (primary N) is 1. The molecule has 1 aromatic rings. The molecule has 1 aromatic carbocycles. The molecule has 0 fully saturated rings. The molecule has 0 radical (unpaired) electrons. The van der Waals surface area contributed by atoms with E-state index in [0.29, 0.717) is 23.8 Å². The van der Waals surface area contributed by atoms with Gasteiger partial charge in [0.2, 0.25) is 0 Å². The lowest BCUT2D eigenvalue weighted by Gasteiger charge is -2.13. The van der Waals surface area contributed by atoms with E-state index in [9.17, 15) is 8.78 Å². The quantitative estimate of drug-likeness (QED) is 0.590. The number of hydrogen-bond donors (Lipinski definition) is 3. The van der Waals surface area contributed by atoms with Gasteiger partial charge in [-0.1, -0.05) is 0 Å². The van der Waals surface area contributed by atoms with Gasteiger partial charge in [0.1, 0.15) is 5.84 Å². The standard InChI is InChI=1S/C15H19F2N5/c1-9(14(18)10-7-20-22(3)8-10)15(19-2)21-11-4-5-12(16)13(17)6-11/h4-6,8,20H,7,18H2,1-3H3,(H,19,21). The Balaban J connectivity index is 2.24. The van der Waals surface area contributed by atoms with Crippen molar-refractivity contribution in [1.29, 1.82) is 0 Å². The first-order valence-electron chi connectivity index (χ1n) is 6.75. The maximum absolute atomic E-state index is 13.3. The van der Waals surface area contributed by atoms with Crippen molar-refractivity contribution in [3.63, 3.8) is 0 Å². The van der Waals surface area contributed by atoms with Crippen molar-refractivity contribution in [3.05, 3.63) is 52.9 Å². The maximum atomic E-state index is 13.3. The van der Waals surface area contributed by atoms with Crippen LogP contribution in [0.1, 0.15) is 6.92 Å². The summed E-state index contributed by atoms with van der Waals surface area (Å²) in [7, 11) is 3.48. The number of benzene rings is 1. The van der Waals surface area contributed by atoms with Crippen LogP contribution in [0.25, 0.3) is 0 Å². The van der Waals surface area contributed by atoms with Crippen LogP contribution in [-0.2, 0) is 0 Å². The molecule has 0 bridgehead atoms. The van der Waals surface area contributed by atoms with Crippen LogP contribution in [0.15, 0.2) is 46.2 Å². The average molecular weight is 307 g/mol. The molecule has 0 aromatic heterocycles. The minimum atomic E-state index is -0.917. The number of nitrogens with one attached hydrogen (secondary N) is 2. The second-order valence-electron chi connectivity index (χ2n) is 4.96. The van der Waals surface area contributed by atoms with E-state index < -0.39 is 11.6 Å². The molecule has 7 heteroatoms. The summed E-state index contributed by atoms with van der Waals surface area (Å²) in [4.78, 5) is 4.14. The van der Waals surface area contributed by atoms with Crippen LogP contribution in [0.5, 0.6) is 0 Å². The summed E-state index contributed by atoms with van der Waals surface area (Å²) in [6.07, 6.45) is 1.89. The van der Waals surface area contributed by atoms with E-state index in [1.165, 1.54) is 6.07 Å². The van der Waals surface area contributed by atoms with E-state index in [1.807, 2.05) is 25.2 Å². The predicted molar refractivity (Wildman–Crippen MR) is 84.1 cm³/mol. The summed E-state index contributed by atoms with van der Waals surface area (Å²) >= 11 is 0. The number of anilines is 1. The molecular formula is C15H19F2N5. The van der Waals surface area contributed by atoms with Crippen molar-refractivity contribution in [3.8, 4) is 0 Å². The fourth-order valence-electron chi connectivity index (χ4n) is 2.10. The highest BCUT2D eigenvalue weighted by Gasteiger charge is 2.15. The smallest absolute Gasteiger partial charge is 0.160 e. The third kappa shape index (κ3) is 3.43. The molecule has 2 rings (SSSR count). The maximum Gasteiger partial charge on any atom is 0.160 e. The molecule has 118 valence electrons. The zero-order valence-corrected chi connectivity index (χ0v) is 12.7. The van der Waals surface area contributed by atoms with E-state index >= 15 is 0 Å². The molecule has 4 N–H and O–H groups in total. The van der Waals surface area contributed by atoms with Crippen molar-refractivity contribution in [2.75, 3.05) is 26.0 Å². The van der Waals surface area contributed by atoms with Gasteiger partial charge in [-0.25, -0.2) is 14.2 Å². The Bertz CT molecular complexity index is 664. The lowest BCUT2D eigenvalue weighted by Crippen LogP contribution is -2.24. The number of amidine groups is 1. The summed E-state index contributed by atoms with van der Waals surface area (Å²) in [6, 6.07) is 3.58. The summed E-state index contributed by atoms with van der Waals surface area (Å²) in [6.45, 7) is 2.45. The Morgan fingerprint density at radius 1 is 1.36 bits per heavy atom. The van der Waals surface area contributed by atoms with Crippen LogP contribution in [-0.4, -0.2) is 31.5 Å². The van der Waals surface area contributed by atoms with Crippen molar-refractivity contribution in [2.45, 2.75) is 6.92 Å². The molecule has 0 saturated carbocycles. The van der Waals surface area contributed by atoms with Gasteiger partial charge in [0.25, 0.3) is 0 Å². The molecule has 0 amide bonds. The first-order chi connectivity index (χ1) is 10.4. The third-order valence-corrected chi connectivity index (χ3v) is 3.38. The van der Waals surface area contributed by atoms with Gasteiger partial charge in [0.15, 0.2) is 11.6 Å². The van der Waals surface area contributed by atoms with Crippen LogP contribution in [0.4, 0.5) is 14.5 Å². The SMILES string of the molecule is CN=C(Nc1ccc(F)c(F)c1)C(C)=C(N)C1=CN(C)NC1. The van der Waals surface area contributed by atoms with Gasteiger partial charge in [0, 0.05) is 55.4 Å². The Hall–Kier alpha value is -2.41. The van der Waals surface area contributed by atoms with Crippen LogP contribution in [0, 0.1) is 11.6 Å². The minimum absolute atomic E-state index is 0.405. The minimum Gasteiger partial charge on any atom is -0.398 e. The van der Waals surface area contributed by atoms with Gasteiger partial charge in [-0.3, -0.25) is 4.99 Å². The van der Waals surface area contributed by atoms with Crippen molar-refractivity contribution < 1.29 is 8.78 Å². The lowest BCUT2D eigenvalue weighted by molar-refractivity contribution is 0.374. The predicted octanol–water partition coefficient (Wildman–Crippen LogP) is 1.97. The average Bonchev–Trinajstić information content (AvgIpc) is 2.93. The van der Waals surface area contributed by atoms with Gasteiger partial charge in [-0.05, 0) is 19.1 Å². The first kappa shape index (κ1) is 16.0. The highest BCUT2D eigenvalue weighted by molar-refractivity contribution is 6.08. The van der Waals surface area contributed by atoms with Gasteiger partial charge < -0.3 is 16.1 Å². The van der Waals surface area contributed by atoms with Crippen molar-refractivity contribution in [1.82, 2.24) is 10.4 Å². The van der Waals surface area contributed by atoms with Crippen LogP contribution in [0.2, 0.25) is 0 Å². The molecule has 0 atom stereocenters. The molecule has 1 aliphatic rings. The number of hydrogen-bond acceptors (Lipinski definition) is 4. The van der Waals surface area contributed by atoms with Crippen LogP contribution in [0.3, 0.4) is 0 Å². The monoisotopic (exact) mass is 307 g/mol. The molecule has 0 aliphatic carbocycles. The normalized spacial score (nSPS) is 16.5. The number of aliphatic imine (C=N–C) groups is 1. The van der Waals surface area contributed by atoms with E-state index in [-0.39, 0.29) is 0 Å². The second kappa shape index (κ2) is 6.57. The largest absolute Gasteiger partial charge is 0.398 e. The molecule has 5 nitrogen and oxygen atoms in total. The van der Waals surface area contributed by atoms with Crippen molar-refractivity contribution >= 4 is 11.5 Å². The Kier molecular flexibility index (Phi) is 4.77. The first-order valence-corrected chi connectivity index (χ1v) is 6.75. The van der Waals surface area contributed by atoms with Gasteiger partial charge in [0.05, 0.1) is 0 Å². The van der Waals surface area contributed by atoms with E-state index in [0.717, 1.165) is 23.3 Å². The molecule has 0 saturated heterocycles. The number of rotatable bonds is 3. The van der Waals surface area contributed by atoms with Crippen LogP contribution < -0.4 is 16.5 Å². The number of hydrazine groups is 1. The zero-order valence-electron chi connectivity index (χ0n) is 12.7. The molecule has 0 unspecified atom stereocenters. The summed E-state index contributed by atoms with van der Waals surface area (Å²) in [5, 5.41) is 4.78. The zero-order chi connectivity index (χ0) is 16.3. The Morgan fingerprint density at radius 2 is 2.09 bits per heavy atom. The fraction of sp³-hybridized carbons (Fsp3) is 0.267. The third-order valence-electron chi connectivity index (χ3n) is 3.38. The van der Waals surface area contributed by atoms with Crippen LogP contribution >= 0.6 is 0 Å². The Labute approximate surface area is 128 Å². The highest BCUT2D eigenvalue weighted by atomic mass is 19.2. The lowest BCUT2D eigenvalue weighted by atomic mass is 10.1. The highest BCUT2D eigenvalue weighted by Crippen LogP contribution is 2.17. The van der Waals surface area contributed by atoms with E-state index in [1.54, 1.807) is 7.05 Å². The summed E-state index contributed by atoms with van der Waals surface area (Å²) < 4.78 is 26.2. The van der Waals surface area contributed by atoms with Gasteiger partial charge >= 0.3 is 0 Å². The molecular weight excluding hydrogens is 288 g/mol. The fourth-order valence-corrected chi connectivity index (χ4v) is 2.10. The number of nitrogens with zero attached hydrogens (tertiary/aromatic N) is 2. The molecule has 1 heterocycles. The molecule has 0 spiro atoms. The second-order valence-corrected chi connectivity index (χ2v) is 4.96. The Morgan fingerprint density at radius 3 is 2.64 bits per heavy atom. The van der Waals surface area contributed by atoms with E-state index in [4.69, 9.17) is 5.73 Å².